The highest BCUT2D eigenvalue weighted by Gasteiger charge is 2.29. The van der Waals surface area contributed by atoms with Gasteiger partial charge in [-0.25, -0.2) is 22.6 Å². The molecule has 0 unspecified atom stereocenters. The molecule has 20 heavy (non-hydrogen) atoms. The zero-order valence-corrected chi connectivity index (χ0v) is 11.5. The van der Waals surface area contributed by atoms with Crippen molar-refractivity contribution in [3.63, 3.8) is 0 Å². The van der Waals surface area contributed by atoms with Gasteiger partial charge in [0.25, 0.3) is 5.56 Å². The number of pyridine rings is 1. The number of nitrogens with one attached hydrogen (secondary N) is 1. The van der Waals surface area contributed by atoms with Crippen LogP contribution in [-0.2, 0) is 8.87 Å². The molecule has 0 saturated heterocycles. The van der Waals surface area contributed by atoms with Crippen LogP contribution >= 0.6 is 11.7 Å². The van der Waals surface area contributed by atoms with Crippen molar-refractivity contribution < 1.29 is 12.8 Å². The lowest BCUT2D eigenvalue weighted by Crippen LogP contribution is -2.30. The predicted octanol–water partition coefficient (Wildman–Crippen LogP) is 0.177. The summed E-state index contributed by atoms with van der Waals surface area (Å²) >= 11 is 3.29. The maximum absolute atomic E-state index is 13.7. The Morgan fingerprint density at radius 3 is 2.60 bits per heavy atom. The number of nitrogens with zero attached hydrogens (tertiary/aromatic N) is 2. The Bertz CT molecular complexity index is 943. The summed E-state index contributed by atoms with van der Waals surface area (Å²) in [5, 5.41) is -1.07. The zero-order chi connectivity index (χ0) is 14.7. The van der Waals surface area contributed by atoms with Crippen LogP contribution in [0, 0.1) is 5.82 Å². The minimum absolute atomic E-state index is 0.143. The Morgan fingerprint density at radius 2 is 2.05 bits per heavy atom. The van der Waals surface area contributed by atoms with Gasteiger partial charge in [-0.1, -0.05) is 0 Å². The first-order valence-corrected chi connectivity index (χ1v) is 8.15. The molecule has 1 saturated carbocycles. The maximum atomic E-state index is 13.7. The first kappa shape index (κ1) is 13.3. The van der Waals surface area contributed by atoms with E-state index in [0.29, 0.717) is 12.8 Å². The molecule has 3 rings (SSSR count). The average molecular weight is 317 g/mol. The summed E-state index contributed by atoms with van der Waals surface area (Å²) in [4.78, 5) is 29.1. The normalized spacial score (nSPS) is 15.7. The van der Waals surface area contributed by atoms with Gasteiger partial charge in [-0.3, -0.25) is 14.3 Å². The molecule has 2 heterocycles. The van der Waals surface area contributed by atoms with E-state index < -0.39 is 31.0 Å². The van der Waals surface area contributed by atoms with E-state index in [1.54, 1.807) is 0 Å². The molecule has 0 atom stereocenters. The Kier molecular flexibility index (Phi) is 2.77. The maximum Gasteiger partial charge on any atom is 0.330 e. The molecule has 0 spiro atoms. The lowest BCUT2D eigenvalue weighted by molar-refractivity contribution is 0.562. The third-order valence-electron chi connectivity index (χ3n) is 2.99. The van der Waals surface area contributed by atoms with Crippen molar-refractivity contribution in [1.82, 2.24) is 14.5 Å². The van der Waals surface area contributed by atoms with Gasteiger partial charge in [0.05, 0.1) is 5.39 Å². The first-order valence-electron chi connectivity index (χ1n) is 5.61. The first-order chi connectivity index (χ1) is 9.29. The van der Waals surface area contributed by atoms with Crippen molar-refractivity contribution in [2.24, 2.45) is 0 Å². The summed E-state index contributed by atoms with van der Waals surface area (Å²) in [6.07, 6.45) is 1.42. The molecule has 2 aromatic rings. The molecule has 1 fully saturated rings. The summed E-state index contributed by atoms with van der Waals surface area (Å²) in [6.45, 7) is 0. The van der Waals surface area contributed by atoms with Crippen LogP contribution in [-0.4, -0.2) is 23.0 Å². The van der Waals surface area contributed by atoms with Gasteiger partial charge in [-0.2, -0.15) is 0 Å². The average Bonchev–Trinajstić information content (AvgIpc) is 3.12. The number of H-pyrrole nitrogens is 1. The van der Waals surface area contributed by atoms with Crippen LogP contribution in [0.25, 0.3) is 11.0 Å². The van der Waals surface area contributed by atoms with Gasteiger partial charge >= 0.3 is 5.69 Å². The van der Waals surface area contributed by atoms with Crippen molar-refractivity contribution in [2.75, 3.05) is 0 Å². The van der Waals surface area contributed by atoms with Crippen LogP contribution in [0.3, 0.4) is 0 Å². The largest absolute Gasteiger partial charge is 0.330 e. The molecule has 0 bridgehead atoms. The molecule has 1 N–H and O–H groups in total. The SMILES string of the molecule is O=c1[nH]c(=O)n(C2CC2)c2nc(S(=O)(=O)S)c(F)cc12. The molecule has 1 aliphatic rings. The molecule has 10 heteroatoms. The summed E-state index contributed by atoms with van der Waals surface area (Å²) < 4.78 is 37.6. The second-order valence-electron chi connectivity index (χ2n) is 4.48. The lowest BCUT2D eigenvalue weighted by Gasteiger charge is -2.08. The number of halogens is 1. The second-order valence-corrected chi connectivity index (χ2v) is 7.26. The Labute approximate surface area is 116 Å². The third-order valence-corrected chi connectivity index (χ3v) is 4.29. The summed E-state index contributed by atoms with van der Waals surface area (Å²) in [5.74, 6) is -1.18. The number of hydrogen-bond acceptors (Lipinski definition) is 5. The van der Waals surface area contributed by atoms with Crippen molar-refractivity contribution in [1.29, 1.82) is 0 Å². The number of fused-ring (bicyclic) bond motifs is 1. The van der Waals surface area contributed by atoms with Crippen molar-refractivity contribution in [2.45, 2.75) is 23.9 Å². The Hall–Kier alpha value is -1.68. The van der Waals surface area contributed by atoms with E-state index in [1.807, 2.05) is 0 Å². The van der Waals surface area contributed by atoms with E-state index in [2.05, 4.69) is 21.6 Å². The molecule has 0 aliphatic heterocycles. The van der Waals surface area contributed by atoms with Gasteiger partial charge in [-0.05, 0) is 30.6 Å². The quantitative estimate of drug-likeness (QED) is 0.607. The summed E-state index contributed by atoms with van der Waals surface area (Å²) in [6, 6.07) is 0.595. The molecule has 2 aromatic heterocycles. The van der Waals surface area contributed by atoms with Gasteiger partial charge in [0.15, 0.2) is 11.5 Å². The van der Waals surface area contributed by atoms with Gasteiger partial charge < -0.3 is 0 Å². The molecule has 0 aromatic carbocycles. The van der Waals surface area contributed by atoms with Crippen molar-refractivity contribution in [3.05, 3.63) is 32.7 Å². The van der Waals surface area contributed by atoms with E-state index >= 15 is 0 Å². The fraction of sp³-hybridized carbons (Fsp3) is 0.300. The minimum Gasteiger partial charge on any atom is -0.274 e. The molecular weight excluding hydrogens is 309 g/mol. The van der Waals surface area contributed by atoms with E-state index in [0.717, 1.165) is 6.07 Å². The highest BCUT2D eigenvalue weighted by atomic mass is 33.1. The van der Waals surface area contributed by atoms with Gasteiger partial charge in [0, 0.05) is 6.04 Å². The van der Waals surface area contributed by atoms with Gasteiger partial charge in [0.1, 0.15) is 0 Å². The monoisotopic (exact) mass is 317 g/mol. The third kappa shape index (κ3) is 2.04. The summed E-state index contributed by atoms with van der Waals surface area (Å²) in [7, 11) is -4.19. The summed E-state index contributed by atoms with van der Waals surface area (Å²) in [5.41, 5.74) is -1.64. The molecular formula is C10H8FN3O4S2. The fourth-order valence-electron chi connectivity index (χ4n) is 1.99. The second kappa shape index (κ2) is 4.16. The molecule has 1 aliphatic carbocycles. The van der Waals surface area contributed by atoms with E-state index in [9.17, 15) is 22.4 Å². The number of thiol groups is 1. The standard InChI is InChI=1S/C10H8FN3O4S2/c11-6-3-5-7(12-9(6)20(17,18)19)14(4-1-2-4)10(16)13-8(5)15/h3-4H,1-2H2,(H,13,15,16)(H,17,18,19). The minimum atomic E-state index is -4.19. The number of aromatic nitrogens is 3. The highest BCUT2D eigenvalue weighted by Crippen LogP contribution is 2.35. The molecule has 0 radical (unpaired) electrons. The van der Waals surface area contributed by atoms with Crippen LogP contribution in [0.15, 0.2) is 20.7 Å². The van der Waals surface area contributed by atoms with Gasteiger partial charge in [-0.15, -0.1) is 0 Å². The highest BCUT2D eigenvalue weighted by molar-refractivity contribution is 8.63. The van der Waals surface area contributed by atoms with E-state index in [1.165, 1.54) is 4.57 Å². The number of hydrogen-bond donors (Lipinski definition) is 2. The van der Waals surface area contributed by atoms with Gasteiger partial charge in [0.2, 0.25) is 13.9 Å². The smallest absolute Gasteiger partial charge is 0.274 e. The van der Waals surface area contributed by atoms with Crippen LogP contribution < -0.4 is 11.2 Å². The topological polar surface area (TPSA) is 102 Å². The van der Waals surface area contributed by atoms with Crippen molar-refractivity contribution >= 4 is 31.6 Å². The van der Waals surface area contributed by atoms with Crippen LogP contribution in [0.1, 0.15) is 18.9 Å². The van der Waals surface area contributed by atoms with E-state index in [4.69, 9.17) is 0 Å². The zero-order valence-electron chi connectivity index (χ0n) is 9.83. The van der Waals surface area contributed by atoms with Crippen molar-refractivity contribution in [3.8, 4) is 0 Å². The lowest BCUT2D eigenvalue weighted by atomic mass is 10.3. The number of rotatable bonds is 2. The predicted molar refractivity (Wildman–Crippen MR) is 71.0 cm³/mol. The van der Waals surface area contributed by atoms with Crippen LogP contribution in [0.5, 0.6) is 0 Å². The number of aromatic amines is 1. The Morgan fingerprint density at radius 1 is 1.40 bits per heavy atom. The molecule has 0 amide bonds. The van der Waals surface area contributed by atoms with Crippen LogP contribution in [0.2, 0.25) is 0 Å². The Balaban J connectivity index is 2.51. The molecule has 7 nitrogen and oxygen atoms in total. The van der Waals surface area contributed by atoms with Crippen LogP contribution in [0.4, 0.5) is 4.39 Å². The molecule has 106 valence electrons. The van der Waals surface area contributed by atoms with E-state index in [-0.39, 0.29) is 17.1 Å². The fourth-order valence-corrected chi connectivity index (χ4v) is 2.88.